The monoisotopic (exact) mass is 336 g/mol. The number of benzene rings is 2. The van der Waals surface area contributed by atoms with Crippen molar-refractivity contribution in [1.29, 1.82) is 0 Å². The molecule has 0 amide bonds. The number of piperazine rings is 1. The highest BCUT2D eigenvalue weighted by molar-refractivity contribution is 5.57. The molecule has 25 heavy (non-hydrogen) atoms. The largest absolute Gasteiger partial charge is 0.385 e. The van der Waals surface area contributed by atoms with Crippen LogP contribution in [0.25, 0.3) is 0 Å². The number of nitrogens with zero attached hydrogens (tertiary/aromatic N) is 2. The lowest BCUT2D eigenvalue weighted by molar-refractivity contribution is 0.0333. The number of rotatable bonds is 4. The van der Waals surface area contributed by atoms with Gasteiger partial charge >= 0.3 is 0 Å². The summed E-state index contributed by atoms with van der Waals surface area (Å²) in [5.41, 5.74) is 3.20. The van der Waals surface area contributed by atoms with Crippen LogP contribution in [0.4, 0.5) is 5.69 Å². The van der Waals surface area contributed by atoms with Crippen molar-refractivity contribution in [3.63, 3.8) is 0 Å². The Morgan fingerprint density at radius 3 is 2.64 bits per heavy atom. The molecule has 2 aromatic rings. The third kappa shape index (κ3) is 3.44. The van der Waals surface area contributed by atoms with Crippen LogP contribution in [-0.2, 0) is 12.0 Å². The van der Waals surface area contributed by atoms with Crippen LogP contribution in [0, 0.1) is 0 Å². The number of aliphatic hydroxyl groups is 1. The van der Waals surface area contributed by atoms with E-state index in [1.165, 1.54) is 24.1 Å². The first-order valence-electron chi connectivity index (χ1n) is 9.48. The quantitative estimate of drug-likeness (QED) is 0.927. The zero-order valence-corrected chi connectivity index (χ0v) is 15.1. The summed E-state index contributed by atoms with van der Waals surface area (Å²) in [5.74, 6) is 0. The standard InChI is InChI=1S/C22H28N2O/c1-22(25,19-8-3-2-4-9-19)13-14-23-15-16-24-20(17-23)12-11-18-7-5-6-10-21(18)24/h2-10,20,25H,11-17H2,1H3. The minimum absolute atomic E-state index is 0.616. The van der Waals surface area contributed by atoms with E-state index in [2.05, 4.69) is 34.1 Å². The summed E-state index contributed by atoms with van der Waals surface area (Å²) in [6.07, 6.45) is 3.20. The molecule has 2 unspecified atom stereocenters. The van der Waals surface area contributed by atoms with Gasteiger partial charge in [0.2, 0.25) is 0 Å². The van der Waals surface area contributed by atoms with E-state index in [0.29, 0.717) is 6.04 Å². The lowest BCUT2D eigenvalue weighted by atomic mass is 9.91. The molecule has 2 aliphatic rings. The first kappa shape index (κ1) is 16.6. The number of hydrogen-bond donors (Lipinski definition) is 1. The van der Waals surface area contributed by atoms with E-state index in [-0.39, 0.29) is 0 Å². The SMILES string of the molecule is CC(O)(CCN1CCN2c3ccccc3CCC2C1)c1ccccc1. The van der Waals surface area contributed by atoms with Crippen molar-refractivity contribution in [2.45, 2.75) is 37.8 Å². The van der Waals surface area contributed by atoms with Crippen LogP contribution in [-0.4, -0.2) is 42.2 Å². The highest BCUT2D eigenvalue weighted by Gasteiger charge is 2.32. The number of para-hydroxylation sites is 1. The molecule has 4 rings (SSSR count). The summed E-state index contributed by atoms with van der Waals surface area (Å²) in [5, 5.41) is 10.8. The Hall–Kier alpha value is -1.84. The second-order valence-corrected chi connectivity index (χ2v) is 7.71. The van der Waals surface area contributed by atoms with Crippen molar-refractivity contribution in [3.05, 3.63) is 65.7 Å². The Morgan fingerprint density at radius 1 is 1.04 bits per heavy atom. The van der Waals surface area contributed by atoms with Crippen molar-refractivity contribution in [2.75, 3.05) is 31.1 Å². The molecule has 2 aromatic carbocycles. The molecular weight excluding hydrogens is 308 g/mol. The minimum atomic E-state index is -0.752. The number of fused-ring (bicyclic) bond motifs is 3. The van der Waals surface area contributed by atoms with E-state index in [1.54, 1.807) is 0 Å². The van der Waals surface area contributed by atoms with Crippen molar-refractivity contribution >= 4 is 5.69 Å². The molecule has 1 fully saturated rings. The molecule has 2 atom stereocenters. The average molecular weight is 336 g/mol. The molecule has 0 saturated carbocycles. The van der Waals surface area contributed by atoms with Gasteiger partial charge in [-0.15, -0.1) is 0 Å². The van der Waals surface area contributed by atoms with E-state index in [4.69, 9.17) is 0 Å². The summed E-state index contributed by atoms with van der Waals surface area (Å²) in [4.78, 5) is 5.14. The highest BCUT2D eigenvalue weighted by atomic mass is 16.3. The summed E-state index contributed by atoms with van der Waals surface area (Å²) < 4.78 is 0. The predicted molar refractivity (Wildman–Crippen MR) is 103 cm³/mol. The Labute approximate surface area is 150 Å². The lowest BCUT2D eigenvalue weighted by Gasteiger charge is -2.46. The fraction of sp³-hybridized carbons (Fsp3) is 0.455. The zero-order valence-electron chi connectivity index (χ0n) is 15.1. The van der Waals surface area contributed by atoms with E-state index in [1.807, 2.05) is 37.3 Å². The van der Waals surface area contributed by atoms with Gasteiger partial charge in [-0.3, -0.25) is 4.90 Å². The zero-order chi connectivity index (χ0) is 17.3. The van der Waals surface area contributed by atoms with Gasteiger partial charge in [-0.1, -0.05) is 48.5 Å². The van der Waals surface area contributed by atoms with Gasteiger partial charge in [0.05, 0.1) is 5.60 Å². The topological polar surface area (TPSA) is 26.7 Å². The molecule has 3 nitrogen and oxygen atoms in total. The fourth-order valence-electron chi connectivity index (χ4n) is 4.33. The Morgan fingerprint density at radius 2 is 1.80 bits per heavy atom. The van der Waals surface area contributed by atoms with E-state index >= 15 is 0 Å². The lowest BCUT2D eigenvalue weighted by Crippen LogP contribution is -2.55. The van der Waals surface area contributed by atoms with E-state index in [9.17, 15) is 5.11 Å². The summed E-state index contributed by atoms with van der Waals surface area (Å²) in [7, 11) is 0. The smallest absolute Gasteiger partial charge is 0.0880 e. The first-order valence-corrected chi connectivity index (χ1v) is 9.48. The van der Waals surface area contributed by atoms with Crippen molar-refractivity contribution in [1.82, 2.24) is 4.90 Å². The van der Waals surface area contributed by atoms with Crippen LogP contribution in [0.15, 0.2) is 54.6 Å². The van der Waals surface area contributed by atoms with Gasteiger partial charge in [0.1, 0.15) is 0 Å². The third-order valence-corrected chi connectivity index (χ3v) is 5.93. The molecule has 0 aliphatic carbocycles. The van der Waals surface area contributed by atoms with Gasteiger partial charge in [-0.25, -0.2) is 0 Å². The molecular formula is C22H28N2O. The minimum Gasteiger partial charge on any atom is -0.385 e. The molecule has 1 saturated heterocycles. The number of hydrogen-bond acceptors (Lipinski definition) is 3. The normalized spacial score (nSPS) is 22.8. The first-order chi connectivity index (χ1) is 12.1. The van der Waals surface area contributed by atoms with Crippen LogP contribution in [0.3, 0.4) is 0 Å². The molecule has 0 aromatic heterocycles. The molecule has 0 radical (unpaired) electrons. The molecule has 1 N–H and O–H groups in total. The van der Waals surface area contributed by atoms with Crippen LogP contribution >= 0.6 is 0 Å². The molecule has 2 aliphatic heterocycles. The third-order valence-electron chi connectivity index (χ3n) is 5.93. The molecule has 2 heterocycles. The van der Waals surface area contributed by atoms with E-state index < -0.39 is 5.60 Å². The predicted octanol–water partition coefficient (Wildman–Crippen LogP) is 3.42. The maximum Gasteiger partial charge on any atom is 0.0880 e. The average Bonchev–Trinajstić information content (AvgIpc) is 2.67. The number of anilines is 1. The molecule has 0 bridgehead atoms. The van der Waals surface area contributed by atoms with Crippen LogP contribution < -0.4 is 4.90 Å². The Kier molecular flexibility index (Phi) is 4.53. The van der Waals surface area contributed by atoms with Gasteiger partial charge in [0, 0.05) is 37.9 Å². The maximum atomic E-state index is 10.8. The Balaban J connectivity index is 1.38. The van der Waals surface area contributed by atoms with Gasteiger partial charge in [-0.2, -0.15) is 0 Å². The second-order valence-electron chi connectivity index (χ2n) is 7.71. The summed E-state index contributed by atoms with van der Waals surface area (Å²) in [6, 6.07) is 19.5. The van der Waals surface area contributed by atoms with Gasteiger partial charge in [-0.05, 0) is 43.4 Å². The molecule has 3 heteroatoms. The second kappa shape index (κ2) is 6.81. The van der Waals surface area contributed by atoms with Crippen LogP contribution in [0.1, 0.15) is 30.9 Å². The highest BCUT2D eigenvalue weighted by Crippen LogP contribution is 2.33. The van der Waals surface area contributed by atoms with Gasteiger partial charge in [0.25, 0.3) is 0 Å². The summed E-state index contributed by atoms with van der Waals surface area (Å²) >= 11 is 0. The fourth-order valence-corrected chi connectivity index (χ4v) is 4.33. The van der Waals surface area contributed by atoms with Crippen LogP contribution in [0.2, 0.25) is 0 Å². The van der Waals surface area contributed by atoms with Gasteiger partial charge < -0.3 is 10.0 Å². The van der Waals surface area contributed by atoms with Crippen LogP contribution in [0.5, 0.6) is 0 Å². The molecule has 0 spiro atoms. The summed E-state index contributed by atoms with van der Waals surface area (Å²) in [6.45, 7) is 6.17. The van der Waals surface area contributed by atoms with E-state index in [0.717, 1.165) is 38.2 Å². The maximum absolute atomic E-state index is 10.8. The Bertz CT molecular complexity index is 713. The van der Waals surface area contributed by atoms with Crippen molar-refractivity contribution in [3.8, 4) is 0 Å². The van der Waals surface area contributed by atoms with Crippen molar-refractivity contribution < 1.29 is 5.11 Å². The number of aryl methyl sites for hydroxylation is 1. The molecule has 132 valence electrons. The van der Waals surface area contributed by atoms with Gasteiger partial charge in [0.15, 0.2) is 0 Å². The van der Waals surface area contributed by atoms with Crippen molar-refractivity contribution in [2.24, 2.45) is 0 Å².